The highest BCUT2D eigenvalue weighted by atomic mass is 127. The maximum atomic E-state index is 12.3. The second-order valence-electron chi connectivity index (χ2n) is 4.30. The molecule has 0 unspecified atom stereocenters. The number of benzene rings is 1. The third-order valence-corrected chi connectivity index (χ3v) is 4.86. The molecule has 1 aromatic carbocycles. The monoisotopic (exact) mass is 410 g/mol. The molecule has 0 radical (unpaired) electrons. The summed E-state index contributed by atoms with van der Waals surface area (Å²) in [6.45, 7) is 0.767. The van der Waals surface area contributed by atoms with Crippen LogP contribution in [-0.2, 0) is 16.4 Å². The number of nitrogens with zero attached hydrogens (tertiary/aromatic N) is 2. The van der Waals surface area contributed by atoms with Gasteiger partial charge >= 0.3 is 0 Å². The van der Waals surface area contributed by atoms with E-state index in [1.54, 1.807) is 7.05 Å². The molecule has 0 spiro atoms. The van der Waals surface area contributed by atoms with E-state index in [1.807, 2.05) is 24.3 Å². The molecule has 0 atom stereocenters. The van der Waals surface area contributed by atoms with Gasteiger partial charge in [-0.05, 0) is 18.1 Å². The quantitative estimate of drug-likeness (QED) is 0.431. The van der Waals surface area contributed by atoms with Crippen LogP contribution in [0, 0.1) is 0 Å². The highest BCUT2D eigenvalue weighted by Crippen LogP contribution is 2.29. The van der Waals surface area contributed by atoms with Crippen molar-refractivity contribution in [1.82, 2.24) is 5.32 Å². The molecule has 1 aromatic rings. The van der Waals surface area contributed by atoms with Gasteiger partial charge in [0, 0.05) is 20.1 Å². The lowest BCUT2D eigenvalue weighted by Gasteiger charge is -2.19. The van der Waals surface area contributed by atoms with Gasteiger partial charge in [0.05, 0.1) is 11.4 Å². The number of rotatable bonds is 4. The zero-order chi connectivity index (χ0) is 13.9. The fourth-order valence-electron chi connectivity index (χ4n) is 2.09. The van der Waals surface area contributed by atoms with E-state index in [-0.39, 0.29) is 42.2 Å². The minimum absolute atomic E-state index is 0. The largest absolute Gasteiger partial charge is 0.370 e. The number of fused-ring (bicyclic) bond motifs is 1. The molecule has 3 N–H and O–H groups in total. The molecule has 0 bridgehead atoms. The second-order valence-corrected chi connectivity index (χ2v) is 6.32. The van der Waals surface area contributed by atoms with Crippen molar-refractivity contribution < 1.29 is 8.42 Å². The molecule has 6 nitrogen and oxygen atoms in total. The number of guanidine groups is 1. The van der Waals surface area contributed by atoms with E-state index < -0.39 is 10.0 Å². The summed E-state index contributed by atoms with van der Waals surface area (Å²) in [7, 11) is -1.77. The van der Waals surface area contributed by atoms with Crippen LogP contribution >= 0.6 is 24.0 Å². The number of halogens is 1. The van der Waals surface area contributed by atoms with Crippen LogP contribution in [0.5, 0.6) is 0 Å². The van der Waals surface area contributed by atoms with E-state index in [9.17, 15) is 8.42 Å². The lowest BCUT2D eigenvalue weighted by Crippen LogP contribution is -2.39. The first-order chi connectivity index (χ1) is 9.04. The molecular formula is C12H19IN4O2S. The fraction of sp³-hybridized carbons (Fsp3) is 0.417. The Balaban J connectivity index is 0.00000200. The highest BCUT2D eigenvalue weighted by molar-refractivity contribution is 14.0. The topological polar surface area (TPSA) is 87.8 Å². The van der Waals surface area contributed by atoms with Crippen LogP contribution in [0.2, 0.25) is 0 Å². The van der Waals surface area contributed by atoms with E-state index >= 15 is 0 Å². The van der Waals surface area contributed by atoms with Gasteiger partial charge in [-0.2, -0.15) is 0 Å². The summed E-state index contributed by atoms with van der Waals surface area (Å²) < 4.78 is 26.0. The van der Waals surface area contributed by atoms with Crippen molar-refractivity contribution in [3.63, 3.8) is 0 Å². The first-order valence-electron chi connectivity index (χ1n) is 6.09. The summed E-state index contributed by atoms with van der Waals surface area (Å²) in [5.74, 6) is 0.245. The minimum Gasteiger partial charge on any atom is -0.370 e. The van der Waals surface area contributed by atoms with Gasteiger partial charge in [-0.15, -0.1) is 24.0 Å². The Hall–Kier alpha value is -1.03. The van der Waals surface area contributed by atoms with Gasteiger partial charge in [0.1, 0.15) is 0 Å². The van der Waals surface area contributed by atoms with E-state index in [1.165, 1.54) is 4.31 Å². The molecule has 0 aromatic heterocycles. The Morgan fingerprint density at radius 3 is 2.85 bits per heavy atom. The van der Waals surface area contributed by atoms with Gasteiger partial charge in [0.2, 0.25) is 10.0 Å². The highest BCUT2D eigenvalue weighted by Gasteiger charge is 2.28. The summed E-state index contributed by atoms with van der Waals surface area (Å²) in [6, 6.07) is 7.58. The lowest BCUT2D eigenvalue weighted by atomic mass is 10.2. The van der Waals surface area contributed by atoms with Crippen LogP contribution in [-0.4, -0.2) is 40.3 Å². The van der Waals surface area contributed by atoms with Gasteiger partial charge < -0.3 is 11.1 Å². The van der Waals surface area contributed by atoms with Gasteiger partial charge in [-0.3, -0.25) is 9.30 Å². The number of sulfonamides is 1. The summed E-state index contributed by atoms with van der Waals surface area (Å²) in [4.78, 5) is 3.72. The van der Waals surface area contributed by atoms with Gasteiger partial charge in [-0.1, -0.05) is 18.2 Å². The van der Waals surface area contributed by atoms with Gasteiger partial charge in [-0.25, -0.2) is 8.42 Å². The minimum atomic E-state index is -3.32. The standard InChI is InChI=1S/C12H18N4O2S.HI/c1-14-12(13)15-7-9-19(17,18)16-8-6-10-4-2-3-5-11(10)16;/h2-5H,6-9H2,1H3,(H3,13,14,15);1H. The molecule has 0 aliphatic carbocycles. The predicted octanol–water partition coefficient (Wildman–Crippen LogP) is 0.531. The first kappa shape index (κ1) is 17.0. The summed E-state index contributed by atoms with van der Waals surface area (Å²) in [5, 5.41) is 2.76. The van der Waals surface area contributed by atoms with Crippen LogP contribution in [0.3, 0.4) is 0 Å². The second kappa shape index (κ2) is 7.11. The number of nitrogens with one attached hydrogen (secondary N) is 1. The van der Waals surface area contributed by atoms with Crippen molar-refractivity contribution >= 4 is 45.6 Å². The van der Waals surface area contributed by atoms with Crippen molar-refractivity contribution in [3.8, 4) is 0 Å². The first-order valence-corrected chi connectivity index (χ1v) is 7.70. The number of anilines is 1. The molecule has 0 saturated heterocycles. The van der Waals surface area contributed by atoms with Gasteiger partial charge in [0.25, 0.3) is 0 Å². The van der Waals surface area contributed by atoms with Crippen molar-refractivity contribution in [1.29, 1.82) is 0 Å². The third kappa shape index (κ3) is 3.75. The lowest BCUT2D eigenvalue weighted by molar-refractivity contribution is 0.591. The van der Waals surface area contributed by atoms with Crippen LogP contribution in [0.15, 0.2) is 29.3 Å². The van der Waals surface area contributed by atoms with Crippen molar-refractivity contribution in [2.75, 3.05) is 30.2 Å². The van der Waals surface area contributed by atoms with Crippen molar-refractivity contribution in [3.05, 3.63) is 29.8 Å². The van der Waals surface area contributed by atoms with Crippen LogP contribution in [0.1, 0.15) is 5.56 Å². The SMILES string of the molecule is CN=C(N)NCCS(=O)(=O)N1CCc2ccccc21.I. The maximum Gasteiger partial charge on any atom is 0.236 e. The maximum absolute atomic E-state index is 12.3. The number of aliphatic imine (C=N–C) groups is 1. The normalized spacial score (nSPS) is 14.7. The number of nitrogens with two attached hydrogens (primary N) is 1. The molecule has 1 aliphatic rings. The Bertz CT molecular complexity index is 589. The van der Waals surface area contributed by atoms with Crippen LogP contribution in [0.25, 0.3) is 0 Å². The Morgan fingerprint density at radius 1 is 1.45 bits per heavy atom. The average Bonchev–Trinajstić information content (AvgIpc) is 2.82. The zero-order valence-electron chi connectivity index (χ0n) is 11.2. The van der Waals surface area contributed by atoms with Crippen LogP contribution < -0.4 is 15.4 Å². The summed E-state index contributed by atoms with van der Waals surface area (Å²) in [5.41, 5.74) is 7.33. The average molecular weight is 410 g/mol. The summed E-state index contributed by atoms with van der Waals surface area (Å²) in [6.07, 6.45) is 0.765. The molecular weight excluding hydrogens is 391 g/mol. The van der Waals surface area contributed by atoms with E-state index in [0.717, 1.165) is 17.7 Å². The molecule has 1 aliphatic heterocycles. The molecule has 0 fully saturated rings. The molecule has 1 heterocycles. The van der Waals surface area contributed by atoms with Gasteiger partial charge in [0.15, 0.2) is 5.96 Å². The fourth-order valence-corrected chi connectivity index (χ4v) is 3.52. The molecule has 0 saturated carbocycles. The number of hydrogen-bond acceptors (Lipinski definition) is 3. The van der Waals surface area contributed by atoms with E-state index in [4.69, 9.17) is 5.73 Å². The van der Waals surface area contributed by atoms with E-state index in [2.05, 4.69) is 10.3 Å². The predicted molar refractivity (Wildman–Crippen MR) is 92.2 cm³/mol. The third-order valence-electron chi connectivity index (χ3n) is 3.09. The Kier molecular flexibility index (Phi) is 6.06. The zero-order valence-corrected chi connectivity index (χ0v) is 14.4. The van der Waals surface area contributed by atoms with E-state index in [0.29, 0.717) is 6.54 Å². The van der Waals surface area contributed by atoms with Crippen LogP contribution in [0.4, 0.5) is 5.69 Å². The van der Waals surface area contributed by atoms with Crippen molar-refractivity contribution in [2.45, 2.75) is 6.42 Å². The number of hydrogen-bond donors (Lipinski definition) is 2. The Labute approximate surface area is 136 Å². The molecule has 20 heavy (non-hydrogen) atoms. The summed E-state index contributed by atoms with van der Waals surface area (Å²) >= 11 is 0. The smallest absolute Gasteiger partial charge is 0.236 e. The molecule has 0 amide bonds. The molecule has 2 rings (SSSR count). The number of para-hydroxylation sites is 1. The Morgan fingerprint density at radius 2 is 2.15 bits per heavy atom. The van der Waals surface area contributed by atoms with Crippen molar-refractivity contribution in [2.24, 2.45) is 10.7 Å². The molecule has 112 valence electrons. The molecule has 8 heteroatoms.